The minimum absolute atomic E-state index is 0.0722. The van der Waals surface area contributed by atoms with Gasteiger partial charge in [-0.2, -0.15) is 0 Å². The standard InChI is InChI=1S/C20H27N3O3/c1-4-23-19(25)22-12-14-10-15(24)11-16(26-3)18(14)13(2)9-17(22)20(23)5-7-21-8-6-20/h9-11,13,21,24H,4-8,12H2,1-3H3. The molecule has 0 saturated carbocycles. The highest BCUT2D eigenvalue weighted by Gasteiger charge is 2.54. The fourth-order valence-corrected chi connectivity index (χ4v) is 5.00. The average molecular weight is 357 g/mol. The number of likely N-dealkylation sites (N-methyl/N-ethyl adjacent to an activating group) is 1. The zero-order chi connectivity index (χ0) is 18.5. The zero-order valence-electron chi connectivity index (χ0n) is 15.7. The molecule has 0 radical (unpaired) electrons. The summed E-state index contributed by atoms with van der Waals surface area (Å²) in [5, 5.41) is 13.5. The quantitative estimate of drug-likeness (QED) is 0.854. The van der Waals surface area contributed by atoms with Gasteiger partial charge in [-0.1, -0.05) is 13.0 Å². The molecular formula is C20H27N3O3. The van der Waals surface area contributed by atoms with Gasteiger partial charge in [0, 0.05) is 29.8 Å². The van der Waals surface area contributed by atoms with Crippen LogP contribution in [0.1, 0.15) is 43.7 Å². The Labute approximate surface area is 154 Å². The molecule has 2 fully saturated rings. The number of phenolic OH excluding ortho intramolecular Hbond substituents is 1. The van der Waals surface area contributed by atoms with Crippen molar-refractivity contribution in [3.05, 3.63) is 35.0 Å². The molecular weight excluding hydrogens is 330 g/mol. The Morgan fingerprint density at radius 1 is 1.35 bits per heavy atom. The van der Waals surface area contributed by atoms with Crippen LogP contribution in [0.3, 0.4) is 0 Å². The molecule has 1 atom stereocenters. The lowest BCUT2D eigenvalue weighted by molar-refractivity contribution is 0.141. The van der Waals surface area contributed by atoms with Gasteiger partial charge in [0.2, 0.25) is 0 Å². The molecule has 4 rings (SSSR count). The molecule has 3 aliphatic heterocycles. The van der Waals surface area contributed by atoms with Gasteiger partial charge in [0.25, 0.3) is 0 Å². The van der Waals surface area contributed by atoms with E-state index in [1.807, 2.05) is 9.80 Å². The topological polar surface area (TPSA) is 65.0 Å². The highest BCUT2D eigenvalue weighted by Crippen LogP contribution is 2.48. The van der Waals surface area contributed by atoms with Gasteiger partial charge in [-0.05, 0) is 44.5 Å². The maximum atomic E-state index is 13.2. The van der Waals surface area contributed by atoms with Gasteiger partial charge in [-0.25, -0.2) is 4.79 Å². The summed E-state index contributed by atoms with van der Waals surface area (Å²) in [4.78, 5) is 17.2. The lowest BCUT2D eigenvalue weighted by atomic mass is 9.82. The third-order valence-corrected chi connectivity index (χ3v) is 6.12. The molecule has 2 amide bonds. The van der Waals surface area contributed by atoms with E-state index in [4.69, 9.17) is 4.74 Å². The second kappa shape index (κ2) is 6.20. The molecule has 6 heteroatoms. The number of rotatable bonds is 2. The van der Waals surface area contributed by atoms with Crippen LogP contribution in [0.25, 0.3) is 0 Å². The van der Waals surface area contributed by atoms with Crippen molar-refractivity contribution in [2.75, 3.05) is 26.7 Å². The highest BCUT2D eigenvalue weighted by molar-refractivity contribution is 5.83. The maximum absolute atomic E-state index is 13.2. The first-order chi connectivity index (χ1) is 12.5. The Bertz CT molecular complexity index is 768. The van der Waals surface area contributed by atoms with Gasteiger partial charge in [0.15, 0.2) is 0 Å². The number of methoxy groups -OCH3 is 1. The Hall–Kier alpha value is -2.21. The van der Waals surface area contributed by atoms with Crippen LogP contribution in [0, 0.1) is 0 Å². The molecule has 2 N–H and O–H groups in total. The van der Waals surface area contributed by atoms with Gasteiger partial charge >= 0.3 is 6.03 Å². The monoisotopic (exact) mass is 357 g/mol. The molecule has 1 aromatic carbocycles. The van der Waals surface area contributed by atoms with E-state index in [2.05, 4.69) is 25.2 Å². The van der Waals surface area contributed by atoms with E-state index in [9.17, 15) is 9.90 Å². The van der Waals surface area contributed by atoms with E-state index in [1.165, 1.54) is 0 Å². The zero-order valence-corrected chi connectivity index (χ0v) is 15.7. The third-order valence-electron chi connectivity index (χ3n) is 6.12. The predicted octanol–water partition coefficient (Wildman–Crippen LogP) is 2.78. The summed E-state index contributed by atoms with van der Waals surface area (Å²) in [6.07, 6.45) is 4.10. The van der Waals surface area contributed by atoms with E-state index < -0.39 is 0 Å². The van der Waals surface area contributed by atoms with Crippen molar-refractivity contribution in [3.63, 3.8) is 0 Å². The van der Waals surface area contributed by atoms with E-state index >= 15 is 0 Å². The molecule has 0 bridgehead atoms. The fourth-order valence-electron chi connectivity index (χ4n) is 5.00. The van der Waals surface area contributed by atoms with Crippen molar-refractivity contribution >= 4 is 6.03 Å². The van der Waals surface area contributed by atoms with Gasteiger partial charge in [0.05, 0.1) is 19.2 Å². The predicted molar refractivity (Wildman–Crippen MR) is 99.3 cm³/mol. The first-order valence-electron chi connectivity index (χ1n) is 9.43. The highest BCUT2D eigenvalue weighted by atomic mass is 16.5. The summed E-state index contributed by atoms with van der Waals surface area (Å²) in [6, 6.07) is 3.50. The van der Waals surface area contributed by atoms with Crippen LogP contribution in [0.15, 0.2) is 23.9 Å². The van der Waals surface area contributed by atoms with Crippen molar-refractivity contribution in [1.29, 1.82) is 0 Å². The van der Waals surface area contributed by atoms with E-state index in [0.29, 0.717) is 18.8 Å². The normalized spacial score (nSPS) is 24.2. The number of carbonyl (C=O) groups excluding carboxylic acids is 1. The summed E-state index contributed by atoms with van der Waals surface area (Å²) in [7, 11) is 1.62. The van der Waals surface area contributed by atoms with Crippen LogP contribution in [0.4, 0.5) is 4.79 Å². The van der Waals surface area contributed by atoms with Gasteiger partial charge in [-0.3, -0.25) is 4.90 Å². The summed E-state index contributed by atoms with van der Waals surface area (Å²) in [6.45, 7) is 7.21. The SMILES string of the molecule is CCN1C(=O)N2Cc3cc(O)cc(OC)c3C(C)C=C2C12CCNCC2. The average Bonchev–Trinajstić information content (AvgIpc) is 2.75. The number of amides is 2. The summed E-state index contributed by atoms with van der Waals surface area (Å²) in [5.74, 6) is 0.966. The number of nitrogens with one attached hydrogen (secondary N) is 1. The molecule has 0 aliphatic carbocycles. The maximum Gasteiger partial charge on any atom is 0.325 e. The molecule has 26 heavy (non-hydrogen) atoms. The molecule has 1 spiro atoms. The number of allylic oxidation sites excluding steroid dienone is 1. The lowest BCUT2D eigenvalue weighted by Gasteiger charge is -2.41. The molecule has 0 aromatic heterocycles. The second-order valence-corrected chi connectivity index (χ2v) is 7.46. The number of hydrogen-bond acceptors (Lipinski definition) is 4. The van der Waals surface area contributed by atoms with Crippen LogP contribution >= 0.6 is 0 Å². The minimum atomic E-state index is -0.220. The summed E-state index contributed by atoms with van der Waals surface area (Å²) >= 11 is 0. The molecule has 1 unspecified atom stereocenters. The van der Waals surface area contributed by atoms with Gasteiger partial charge in [-0.15, -0.1) is 0 Å². The number of fused-ring (bicyclic) bond motifs is 3. The van der Waals surface area contributed by atoms with Crippen molar-refractivity contribution in [1.82, 2.24) is 15.1 Å². The number of nitrogens with zero attached hydrogens (tertiary/aromatic N) is 2. The number of ether oxygens (including phenoxy) is 1. The number of hydrogen-bond donors (Lipinski definition) is 2. The summed E-state index contributed by atoms with van der Waals surface area (Å²) in [5.41, 5.74) is 2.92. The second-order valence-electron chi connectivity index (χ2n) is 7.46. The number of carbonyl (C=O) groups is 1. The molecule has 3 aliphatic rings. The van der Waals surface area contributed by atoms with Crippen molar-refractivity contribution in [2.45, 2.75) is 44.7 Å². The molecule has 1 aromatic rings. The number of piperidine rings is 1. The summed E-state index contributed by atoms with van der Waals surface area (Å²) < 4.78 is 5.53. The van der Waals surface area contributed by atoms with E-state index in [0.717, 1.165) is 42.8 Å². The van der Waals surface area contributed by atoms with Gasteiger partial charge < -0.3 is 20.1 Å². The minimum Gasteiger partial charge on any atom is -0.508 e. The van der Waals surface area contributed by atoms with E-state index in [-0.39, 0.29) is 23.2 Å². The third kappa shape index (κ3) is 2.31. The Balaban J connectivity index is 1.87. The Morgan fingerprint density at radius 2 is 2.08 bits per heavy atom. The Kier molecular flexibility index (Phi) is 4.10. The van der Waals surface area contributed by atoms with Crippen LogP contribution in [0.2, 0.25) is 0 Å². The molecule has 2 saturated heterocycles. The van der Waals surface area contributed by atoms with Crippen molar-refractivity contribution in [3.8, 4) is 11.5 Å². The number of urea groups is 1. The first kappa shape index (κ1) is 17.2. The van der Waals surface area contributed by atoms with Crippen LogP contribution in [-0.2, 0) is 6.54 Å². The smallest absolute Gasteiger partial charge is 0.325 e. The molecule has 3 heterocycles. The fraction of sp³-hybridized carbons (Fsp3) is 0.550. The number of aromatic hydroxyl groups is 1. The molecule has 140 valence electrons. The lowest BCUT2D eigenvalue weighted by Crippen LogP contribution is -2.52. The van der Waals surface area contributed by atoms with Crippen LogP contribution in [-0.4, -0.2) is 53.2 Å². The number of benzene rings is 1. The molecule has 6 nitrogen and oxygen atoms in total. The van der Waals surface area contributed by atoms with Crippen molar-refractivity contribution < 1.29 is 14.6 Å². The van der Waals surface area contributed by atoms with E-state index in [1.54, 1.807) is 19.2 Å². The first-order valence-corrected chi connectivity index (χ1v) is 9.43. The van der Waals surface area contributed by atoms with Crippen LogP contribution < -0.4 is 10.1 Å². The number of phenols is 1. The Morgan fingerprint density at radius 3 is 2.73 bits per heavy atom. The van der Waals surface area contributed by atoms with Crippen LogP contribution in [0.5, 0.6) is 11.5 Å². The van der Waals surface area contributed by atoms with Crippen molar-refractivity contribution in [2.24, 2.45) is 0 Å². The van der Waals surface area contributed by atoms with Gasteiger partial charge in [0.1, 0.15) is 11.5 Å². The largest absolute Gasteiger partial charge is 0.508 e.